The molecular weight excluding hydrogens is 360 g/mol. The molecule has 1 aromatic heterocycles. The van der Waals surface area contributed by atoms with Crippen LogP contribution in [0.5, 0.6) is 0 Å². The van der Waals surface area contributed by atoms with E-state index in [1.54, 1.807) is 22.6 Å². The first-order valence-electron chi connectivity index (χ1n) is 8.06. The smallest absolute Gasteiger partial charge is 0.372 e. The number of anilines is 1. The maximum absolute atomic E-state index is 10.5. The lowest BCUT2D eigenvalue weighted by Crippen LogP contribution is -2.25. The summed E-state index contributed by atoms with van der Waals surface area (Å²) in [6.07, 6.45) is 2.12. The van der Waals surface area contributed by atoms with Gasteiger partial charge in [-0.1, -0.05) is 5.11 Å². The molecule has 2 rings (SSSR count). The molecule has 26 heavy (non-hydrogen) atoms. The average Bonchev–Trinajstić information content (AvgIpc) is 2.91. The van der Waals surface area contributed by atoms with Crippen molar-refractivity contribution < 1.29 is 21.7 Å². The SMILES string of the molecule is CCN(CCCOS(=O)(=O)O)c1ccc(N=Nc2n(C)nc[n+]2C)cc1. The Labute approximate surface area is 152 Å². The van der Waals surface area contributed by atoms with E-state index in [4.69, 9.17) is 4.55 Å². The number of aryl methyl sites for hydroxylation is 2. The third-order valence-corrected chi connectivity index (χ3v) is 4.12. The molecule has 0 aliphatic heterocycles. The van der Waals surface area contributed by atoms with E-state index in [0.717, 1.165) is 12.2 Å². The van der Waals surface area contributed by atoms with Crippen molar-refractivity contribution in [3.63, 3.8) is 0 Å². The summed E-state index contributed by atoms with van der Waals surface area (Å²) in [7, 11) is -0.743. The summed E-state index contributed by atoms with van der Waals surface area (Å²) < 4.78 is 37.4. The van der Waals surface area contributed by atoms with E-state index in [-0.39, 0.29) is 6.61 Å². The molecule has 0 radical (unpaired) electrons. The van der Waals surface area contributed by atoms with Crippen molar-refractivity contribution in [1.82, 2.24) is 9.78 Å². The molecule has 0 aliphatic carbocycles. The molecule has 1 aromatic carbocycles. The number of rotatable bonds is 9. The molecule has 0 saturated carbocycles. The minimum Gasteiger partial charge on any atom is -0.372 e. The zero-order valence-electron chi connectivity index (χ0n) is 15.0. The van der Waals surface area contributed by atoms with Crippen molar-refractivity contribution in [3.05, 3.63) is 30.6 Å². The minimum atomic E-state index is -4.38. The van der Waals surface area contributed by atoms with Gasteiger partial charge < -0.3 is 4.90 Å². The van der Waals surface area contributed by atoms with E-state index in [0.29, 0.717) is 24.6 Å². The maximum atomic E-state index is 10.5. The van der Waals surface area contributed by atoms with Crippen molar-refractivity contribution in [2.45, 2.75) is 13.3 Å². The summed E-state index contributed by atoms with van der Waals surface area (Å²) in [6, 6.07) is 7.55. The van der Waals surface area contributed by atoms with Gasteiger partial charge in [0.15, 0.2) is 0 Å². The summed E-state index contributed by atoms with van der Waals surface area (Å²) in [6.45, 7) is 3.28. The largest absolute Gasteiger partial charge is 0.403 e. The van der Waals surface area contributed by atoms with Crippen LogP contribution in [0.2, 0.25) is 0 Å². The first-order valence-corrected chi connectivity index (χ1v) is 9.43. The van der Waals surface area contributed by atoms with E-state index in [1.165, 1.54) is 0 Å². The summed E-state index contributed by atoms with van der Waals surface area (Å²) in [5.74, 6) is 0.628. The topological polar surface area (TPSA) is 113 Å². The van der Waals surface area contributed by atoms with Gasteiger partial charge in [-0.3, -0.25) is 4.55 Å². The number of hydrogen-bond donors (Lipinski definition) is 1. The number of nitrogens with zero attached hydrogens (tertiary/aromatic N) is 6. The lowest BCUT2D eigenvalue weighted by Gasteiger charge is -2.22. The standard InChI is InChI=1S/C15H22N6O4S/c1-4-21(10-5-11-25-26(22,23)24)14-8-6-13(7-9-14)17-18-15-19(2)12-16-20(15)3/h6-9,12H,4-5,10-11H2,1-3H3/p+1. The van der Waals surface area contributed by atoms with Gasteiger partial charge in [-0.05, 0) is 42.7 Å². The van der Waals surface area contributed by atoms with Crippen LogP contribution in [0.1, 0.15) is 13.3 Å². The Balaban J connectivity index is 1.96. The third-order valence-electron chi connectivity index (χ3n) is 3.66. The highest BCUT2D eigenvalue weighted by Gasteiger charge is 2.11. The van der Waals surface area contributed by atoms with Crippen LogP contribution < -0.4 is 9.47 Å². The highest BCUT2D eigenvalue weighted by Crippen LogP contribution is 2.21. The normalized spacial score (nSPS) is 12.0. The molecule has 0 spiro atoms. The fraction of sp³-hybridized carbons (Fsp3) is 0.467. The molecule has 0 unspecified atom stereocenters. The van der Waals surface area contributed by atoms with Crippen LogP contribution in [0.3, 0.4) is 0 Å². The van der Waals surface area contributed by atoms with Crippen molar-refractivity contribution in [2.75, 3.05) is 24.6 Å². The van der Waals surface area contributed by atoms with E-state index >= 15 is 0 Å². The van der Waals surface area contributed by atoms with Gasteiger partial charge in [-0.25, -0.2) is 8.75 Å². The van der Waals surface area contributed by atoms with Crippen molar-refractivity contribution in [3.8, 4) is 0 Å². The molecule has 10 nitrogen and oxygen atoms in total. The fourth-order valence-electron chi connectivity index (χ4n) is 2.34. The van der Waals surface area contributed by atoms with Crippen LogP contribution in [-0.4, -0.2) is 42.4 Å². The van der Waals surface area contributed by atoms with E-state index in [9.17, 15) is 8.42 Å². The quantitative estimate of drug-likeness (QED) is 0.305. The van der Waals surface area contributed by atoms with Gasteiger partial charge in [-0.2, -0.15) is 8.42 Å². The van der Waals surface area contributed by atoms with Gasteiger partial charge in [0.05, 0.1) is 26.4 Å². The summed E-state index contributed by atoms with van der Waals surface area (Å²) in [5.41, 5.74) is 1.69. The van der Waals surface area contributed by atoms with Gasteiger partial charge >= 0.3 is 16.3 Å². The molecule has 0 amide bonds. The summed E-state index contributed by atoms with van der Waals surface area (Å²) in [4.78, 5) is 2.06. The monoisotopic (exact) mass is 383 g/mol. The lowest BCUT2D eigenvalue weighted by atomic mass is 10.2. The fourth-order valence-corrected chi connectivity index (χ4v) is 2.67. The molecule has 1 N–H and O–H groups in total. The van der Waals surface area contributed by atoms with Crippen LogP contribution >= 0.6 is 0 Å². The van der Waals surface area contributed by atoms with Crippen LogP contribution in [0.15, 0.2) is 40.8 Å². The van der Waals surface area contributed by atoms with Crippen molar-refractivity contribution in [1.29, 1.82) is 0 Å². The van der Waals surface area contributed by atoms with Crippen LogP contribution in [0.4, 0.5) is 17.3 Å². The van der Waals surface area contributed by atoms with Gasteiger partial charge in [0.1, 0.15) is 0 Å². The first kappa shape index (κ1) is 19.9. The lowest BCUT2D eigenvalue weighted by molar-refractivity contribution is -0.659. The summed E-state index contributed by atoms with van der Waals surface area (Å²) >= 11 is 0. The third kappa shape index (κ3) is 5.86. The zero-order valence-corrected chi connectivity index (χ0v) is 15.8. The predicted molar refractivity (Wildman–Crippen MR) is 95.0 cm³/mol. The molecule has 0 fully saturated rings. The summed E-state index contributed by atoms with van der Waals surface area (Å²) in [5, 5.41) is 12.5. The maximum Gasteiger partial charge on any atom is 0.403 e. The van der Waals surface area contributed by atoms with Crippen molar-refractivity contribution >= 4 is 27.7 Å². The first-order chi connectivity index (χ1) is 12.3. The van der Waals surface area contributed by atoms with Gasteiger partial charge in [-0.15, -0.1) is 4.68 Å². The van der Waals surface area contributed by atoms with Gasteiger partial charge in [0.2, 0.25) is 6.33 Å². The zero-order chi connectivity index (χ0) is 19.2. The molecule has 2 aromatic rings. The Morgan fingerprint density at radius 2 is 2.00 bits per heavy atom. The Bertz CT molecular complexity index is 828. The van der Waals surface area contributed by atoms with Crippen LogP contribution in [0, 0.1) is 0 Å². The molecule has 11 heteroatoms. The Morgan fingerprint density at radius 3 is 2.54 bits per heavy atom. The highest BCUT2D eigenvalue weighted by atomic mass is 32.3. The second-order valence-corrected chi connectivity index (χ2v) is 6.66. The van der Waals surface area contributed by atoms with E-state index in [2.05, 4.69) is 24.4 Å². The molecule has 0 aliphatic rings. The van der Waals surface area contributed by atoms with E-state index in [1.807, 2.05) is 38.2 Å². The van der Waals surface area contributed by atoms with Crippen molar-refractivity contribution in [2.24, 2.45) is 24.3 Å². The Morgan fingerprint density at radius 1 is 1.31 bits per heavy atom. The van der Waals surface area contributed by atoms with E-state index < -0.39 is 10.4 Å². The molecule has 0 saturated heterocycles. The molecular formula is C15H23N6O4S+. The Kier molecular flexibility index (Phi) is 6.77. The second kappa shape index (κ2) is 8.83. The molecule has 0 atom stereocenters. The van der Waals surface area contributed by atoms with Crippen LogP contribution in [-0.2, 0) is 28.7 Å². The number of benzene rings is 1. The molecule has 0 bridgehead atoms. The number of azo groups is 1. The predicted octanol–water partition coefficient (Wildman–Crippen LogP) is 1.70. The number of aromatic nitrogens is 3. The highest BCUT2D eigenvalue weighted by molar-refractivity contribution is 7.80. The van der Waals surface area contributed by atoms with Gasteiger partial charge in [0.25, 0.3) is 0 Å². The average molecular weight is 383 g/mol. The Hall–Kier alpha value is -2.37. The molecule has 142 valence electrons. The van der Waals surface area contributed by atoms with Crippen LogP contribution in [0.25, 0.3) is 0 Å². The minimum absolute atomic E-state index is 0.0661. The molecule has 1 heterocycles. The van der Waals surface area contributed by atoms with Gasteiger partial charge in [0, 0.05) is 23.9 Å². The second-order valence-electron chi connectivity index (χ2n) is 5.56. The number of hydrogen-bond acceptors (Lipinski definition) is 7.